The fourth-order valence-corrected chi connectivity index (χ4v) is 4.34. The van der Waals surface area contributed by atoms with Gasteiger partial charge in [-0.25, -0.2) is 0 Å². The average molecular weight is 409 g/mol. The molecule has 0 spiro atoms. The fourth-order valence-electron chi connectivity index (χ4n) is 4.34. The van der Waals surface area contributed by atoms with Gasteiger partial charge in [-0.2, -0.15) is 4.98 Å². The summed E-state index contributed by atoms with van der Waals surface area (Å²) < 4.78 is 0. The highest BCUT2D eigenvalue weighted by molar-refractivity contribution is 6.05. The molecule has 156 valence electrons. The van der Waals surface area contributed by atoms with Gasteiger partial charge in [0, 0.05) is 37.5 Å². The molecule has 3 aliphatic heterocycles. The van der Waals surface area contributed by atoms with Gasteiger partial charge >= 0.3 is 0 Å². The van der Waals surface area contributed by atoms with E-state index < -0.39 is 11.9 Å². The van der Waals surface area contributed by atoms with Crippen molar-refractivity contribution < 1.29 is 14.4 Å². The quantitative estimate of drug-likeness (QED) is 0.521. The molecule has 0 radical (unpaired) electrons. The van der Waals surface area contributed by atoms with Crippen LogP contribution in [0.15, 0.2) is 18.2 Å². The average Bonchev–Trinajstić information content (AvgIpc) is 3.47. The standard InChI is InChI=1S/C20H23N7O3/c28-16-4-3-15(18(29)23-16)27-10-13-7-11(1-2-14(13)19(27)30)8-22-20-24-17(25-26-20)12-5-6-21-9-12/h1-2,7,12,15,21H,3-6,8-10H2,(H,23,28,29)(H2,22,24,25,26). The number of anilines is 1. The number of carbonyl (C=O) groups is 3. The Morgan fingerprint density at radius 3 is 2.90 bits per heavy atom. The van der Waals surface area contributed by atoms with Gasteiger partial charge in [0.1, 0.15) is 11.9 Å². The molecule has 3 amide bonds. The highest BCUT2D eigenvalue weighted by Crippen LogP contribution is 2.28. The monoisotopic (exact) mass is 409 g/mol. The highest BCUT2D eigenvalue weighted by atomic mass is 16.2. The number of nitrogens with one attached hydrogen (secondary N) is 4. The molecular formula is C20H23N7O3. The van der Waals surface area contributed by atoms with Crippen LogP contribution in [0.25, 0.3) is 0 Å². The van der Waals surface area contributed by atoms with Crippen LogP contribution in [0.3, 0.4) is 0 Å². The van der Waals surface area contributed by atoms with E-state index in [0.717, 1.165) is 36.5 Å². The fraction of sp³-hybridized carbons (Fsp3) is 0.450. The summed E-state index contributed by atoms with van der Waals surface area (Å²) in [6, 6.07) is 5.07. The summed E-state index contributed by atoms with van der Waals surface area (Å²) in [5, 5.41) is 16.1. The summed E-state index contributed by atoms with van der Waals surface area (Å²) in [4.78, 5) is 42.4. The second kappa shape index (κ2) is 7.52. The van der Waals surface area contributed by atoms with E-state index in [1.807, 2.05) is 12.1 Å². The Labute approximate surface area is 172 Å². The number of hydrogen-bond acceptors (Lipinski definition) is 7. The largest absolute Gasteiger partial charge is 0.349 e. The van der Waals surface area contributed by atoms with Crippen LogP contribution in [0.4, 0.5) is 5.95 Å². The molecular weight excluding hydrogens is 386 g/mol. The predicted octanol–water partition coefficient (Wildman–Crippen LogP) is 0.255. The van der Waals surface area contributed by atoms with Gasteiger partial charge < -0.3 is 15.5 Å². The second-order valence-corrected chi connectivity index (χ2v) is 7.98. The number of aromatic nitrogens is 3. The van der Waals surface area contributed by atoms with Crippen molar-refractivity contribution in [2.75, 3.05) is 18.4 Å². The Bertz CT molecular complexity index is 1010. The van der Waals surface area contributed by atoms with E-state index >= 15 is 0 Å². The number of piperidine rings is 1. The van der Waals surface area contributed by atoms with Gasteiger partial charge in [0.2, 0.25) is 17.8 Å². The first-order valence-electron chi connectivity index (χ1n) is 10.2. The van der Waals surface area contributed by atoms with E-state index in [1.165, 1.54) is 0 Å². The van der Waals surface area contributed by atoms with Crippen molar-refractivity contribution in [1.82, 2.24) is 30.7 Å². The number of benzene rings is 1. The Morgan fingerprint density at radius 1 is 1.20 bits per heavy atom. The Morgan fingerprint density at radius 2 is 2.10 bits per heavy atom. The van der Waals surface area contributed by atoms with Crippen molar-refractivity contribution in [1.29, 1.82) is 0 Å². The van der Waals surface area contributed by atoms with Crippen LogP contribution in [0.2, 0.25) is 0 Å². The number of hydrogen-bond donors (Lipinski definition) is 4. The van der Waals surface area contributed by atoms with Crippen molar-refractivity contribution in [2.45, 2.75) is 44.3 Å². The molecule has 2 saturated heterocycles. The summed E-state index contributed by atoms with van der Waals surface area (Å²) in [7, 11) is 0. The molecule has 4 N–H and O–H groups in total. The van der Waals surface area contributed by atoms with Crippen LogP contribution < -0.4 is 16.0 Å². The molecule has 5 rings (SSSR count). The first-order valence-corrected chi connectivity index (χ1v) is 10.2. The lowest BCUT2D eigenvalue weighted by atomic mass is 10.0. The number of H-pyrrole nitrogens is 1. The molecule has 2 atom stereocenters. The molecule has 2 unspecified atom stereocenters. The van der Waals surface area contributed by atoms with Crippen LogP contribution in [0.5, 0.6) is 0 Å². The summed E-state index contributed by atoms with van der Waals surface area (Å²) >= 11 is 0. The van der Waals surface area contributed by atoms with Crippen molar-refractivity contribution >= 4 is 23.7 Å². The first-order chi connectivity index (χ1) is 14.6. The maximum atomic E-state index is 12.8. The van der Waals surface area contributed by atoms with E-state index in [0.29, 0.717) is 36.9 Å². The molecule has 10 nitrogen and oxygen atoms in total. The minimum absolute atomic E-state index is 0.164. The molecule has 4 heterocycles. The van der Waals surface area contributed by atoms with Crippen LogP contribution in [0, 0.1) is 0 Å². The number of fused-ring (bicyclic) bond motifs is 1. The molecule has 1 aromatic heterocycles. The van der Waals surface area contributed by atoms with Gasteiger partial charge in [0.15, 0.2) is 0 Å². The predicted molar refractivity (Wildman–Crippen MR) is 106 cm³/mol. The summed E-state index contributed by atoms with van der Waals surface area (Å²) in [5.74, 6) is 0.973. The Balaban J connectivity index is 1.24. The minimum Gasteiger partial charge on any atom is -0.349 e. The number of nitrogens with zero attached hydrogens (tertiary/aromatic N) is 3. The lowest BCUT2D eigenvalue weighted by Crippen LogP contribution is -2.52. The van der Waals surface area contributed by atoms with Crippen LogP contribution in [0.1, 0.15) is 52.5 Å². The molecule has 30 heavy (non-hydrogen) atoms. The maximum Gasteiger partial charge on any atom is 0.255 e. The highest BCUT2D eigenvalue weighted by Gasteiger charge is 2.39. The third-order valence-corrected chi connectivity index (χ3v) is 5.99. The zero-order chi connectivity index (χ0) is 20.7. The second-order valence-electron chi connectivity index (χ2n) is 7.98. The van der Waals surface area contributed by atoms with Gasteiger partial charge in [-0.05, 0) is 36.6 Å². The molecule has 0 aliphatic carbocycles. The van der Waals surface area contributed by atoms with Crippen molar-refractivity contribution in [2.24, 2.45) is 0 Å². The van der Waals surface area contributed by atoms with Crippen molar-refractivity contribution in [3.8, 4) is 0 Å². The summed E-state index contributed by atoms with van der Waals surface area (Å²) in [5.41, 5.74) is 2.50. The topological polar surface area (TPSA) is 132 Å². The van der Waals surface area contributed by atoms with Crippen molar-refractivity contribution in [3.63, 3.8) is 0 Å². The normalized spacial score (nSPS) is 23.6. The number of imide groups is 1. The molecule has 2 fully saturated rings. The molecule has 10 heteroatoms. The molecule has 0 bridgehead atoms. The van der Waals surface area contributed by atoms with Gasteiger partial charge in [-0.15, -0.1) is 5.10 Å². The smallest absolute Gasteiger partial charge is 0.255 e. The molecule has 0 saturated carbocycles. The van der Waals surface area contributed by atoms with Crippen LogP contribution in [-0.2, 0) is 22.7 Å². The van der Waals surface area contributed by atoms with Gasteiger partial charge in [-0.1, -0.05) is 12.1 Å². The number of amides is 3. The number of aromatic amines is 1. The van der Waals surface area contributed by atoms with Crippen LogP contribution >= 0.6 is 0 Å². The first kappa shape index (κ1) is 18.7. The zero-order valence-corrected chi connectivity index (χ0v) is 16.4. The van der Waals surface area contributed by atoms with E-state index in [-0.39, 0.29) is 18.2 Å². The lowest BCUT2D eigenvalue weighted by Gasteiger charge is -2.29. The van der Waals surface area contributed by atoms with Crippen molar-refractivity contribution in [3.05, 3.63) is 40.7 Å². The minimum atomic E-state index is -0.596. The SMILES string of the molecule is O=C1CCC(N2Cc3cc(CNc4n[nH]c(C5CCNC5)n4)ccc3C2=O)C(=O)N1. The Hall–Kier alpha value is -3.27. The van der Waals surface area contributed by atoms with Gasteiger partial charge in [0.05, 0.1) is 0 Å². The van der Waals surface area contributed by atoms with E-state index in [9.17, 15) is 14.4 Å². The van der Waals surface area contributed by atoms with Gasteiger partial charge in [-0.3, -0.25) is 24.8 Å². The molecule has 1 aromatic carbocycles. The molecule has 2 aromatic rings. The maximum absolute atomic E-state index is 12.8. The lowest BCUT2D eigenvalue weighted by molar-refractivity contribution is -0.136. The van der Waals surface area contributed by atoms with Crippen LogP contribution in [-0.4, -0.2) is 56.9 Å². The number of carbonyl (C=O) groups excluding carboxylic acids is 3. The van der Waals surface area contributed by atoms with Gasteiger partial charge in [0.25, 0.3) is 5.91 Å². The zero-order valence-electron chi connectivity index (χ0n) is 16.4. The van der Waals surface area contributed by atoms with E-state index in [2.05, 4.69) is 31.1 Å². The number of rotatable bonds is 5. The third kappa shape index (κ3) is 3.43. The third-order valence-electron chi connectivity index (χ3n) is 5.99. The molecule has 3 aliphatic rings. The van der Waals surface area contributed by atoms with E-state index in [4.69, 9.17) is 0 Å². The summed E-state index contributed by atoms with van der Waals surface area (Å²) in [6.45, 7) is 2.81. The Kier molecular flexibility index (Phi) is 4.70. The van der Waals surface area contributed by atoms with E-state index in [1.54, 1.807) is 11.0 Å². The summed E-state index contributed by atoms with van der Waals surface area (Å²) in [6.07, 6.45) is 1.67.